The predicted octanol–water partition coefficient (Wildman–Crippen LogP) is 2.93. The smallest absolute Gasteiger partial charge is 0.0782 e. The first-order valence-corrected chi connectivity index (χ1v) is 7.92. The maximum absolute atomic E-state index is 6.90. The standard InChI is InChI=1S/C20H23N3/c21-19(17-10-4-1-5-11-17)20(22,18-12-6-2-7-13-18)16-23-14-8-3-9-15-23/h1-14,19H,15-16,21-22H2/t19-,20+/m1/s1. The lowest BCUT2D eigenvalue weighted by atomic mass is 9.80. The lowest BCUT2D eigenvalue weighted by Crippen LogP contribution is -2.53. The van der Waals surface area contributed by atoms with Gasteiger partial charge in [-0.1, -0.05) is 72.8 Å². The van der Waals surface area contributed by atoms with E-state index in [1.807, 2.05) is 60.7 Å². The molecule has 1 aliphatic heterocycles. The zero-order valence-electron chi connectivity index (χ0n) is 13.2. The van der Waals surface area contributed by atoms with Crippen LogP contribution in [0.2, 0.25) is 0 Å². The molecule has 118 valence electrons. The van der Waals surface area contributed by atoms with Gasteiger partial charge in [-0.15, -0.1) is 0 Å². The fourth-order valence-electron chi connectivity index (χ4n) is 3.04. The molecule has 1 heterocycles. The number of allylic oxidation sites excluding steroid dienone is 2. The summed E-state index contributed by atoms with van der Waals surface area (Å²) in [6.45, 7) is 1.51. The first-order valence-electron chi connectivity index (χ1n) is 7.92. The predicted molar refractivity (Wildman–Crippen MR) is 95.5 cm³/mol. The van der Waals surface area contributed by atoms with Gasteiger partial charge in [-0.25, -0.2) is 0 Å². The topological polar surface area (TPSA) is 55.3 Å². The lowest BCUT2D eigenvalue weighted by molar-refractivity contribution is 0.251. The van der Waals surface area contributed by atoms with Gasteiger partial charge in [0.05, 0.1) is 11.6 Å². The van der Waals surface area contributed by atoms with Gasteiger partial charge in [-0.2, -0.15) is 0 Å². The summed E-state index contributed by atoms with van der Waals surface area (Å²) in [6, 6.07) is 20.0. The molecule has 2 aromatic carbocycles. The van der Waals surface area contributed by atoms with E-state index < -0.39 is 5.54 Å². The first-order chi connectivity index (χ1) is 11.2. The Kier molecular flexibility index (Phi) is 4.60. The molecule has 0 spiro atoms. The van der Waals surface area contributed by atoms with Crippen molar-refractivity contribution in [1.29, 1.82) is 0 Å². The highest BCUT2D eigenvalue weighted by atomic mass is 15.1. The van der Waals surface area contributed by atoms with Crippen LogP contribution in [0.4, 0.5) is 0 Å². The van der Waals surface area contributed by atoms with Gasteiger partial charge in [0.25, 0.3) is 0 Å². The SMILES string of the molecule is N[C@H](c1ccccc1)[C@](N)(CN1C=CC=CC1)c1ccccc1. The van der Waals surface area contributed by atoms with E-state index in [4.69, 9.17) is 11.5 Å². The van der Waals surface area contributed by atoms with E-state index in [1.54, 1.807) is 0 Å². The van der Waals surface area contributed by atoms with E-state index in [-0.39, 0.29) is 6.04 Å². The number of nitrogens with two attached hydrogens (primary N) is 2. The Morgan fingerprint density at radius 3 is 2.22 bits per heavy atom. The lowest BCUT2D eigenvalue weighted by Gasteiger charge is -2.40. The van der Waals surface area contributed by atoms with Gasteiger partial charge >= 0.3 is 0 Å². The summed E-state index contributed by atoms with van der Waals surface area (Å²) in [5.41, 5.74) is 15.0. The van der Waals surface area contributed by atoms with Crippen molar-refractivity contribution in [3.05, 3.63) is 96.2 Å². The summed E-state index contributed by atoms with van der Waals surface area (Å²) in [7, 11) is 0. The van der Waals surface area contributed by atoms with Crippen molar-refractivity contribution in [2.45, 2.75) is 11.6 Å². The molecule has 0 bridgehead atoms. The van der Waals surface area contributed by atoms with Crippen LogP contribution in [0.1, 0.15) is 17.2 Å². The van der Waals surface area contributed by atoms with Gasteiger partial charge in [-0.3, -0.25) is 0 Å². The molecule has 3 nitrogen and oxygen atoms in total. The van der Waals surface area contributed by atoms with E-state index in [2.05, 4.69) is 29.3 Å². The van der Waals surface area contributed by atoms with Gasteiger partial charge in [0.15, 0.2) is 0 Å². The third-order valence-electron chi connectivity index (χ3n) is 4.37. The molecule has 0 saturated heterocycles. The van der Waals surface area contributed by atoms with Crippen LogP contribution in [0.3, 0.4) is 0 Å². The summed E-state index contributed by atoms with van der Waals surface area (Å²) >= 11 is 0. The molecule has 0 aromatic heterocycles. The minimum Gasteiger partial charge on any atom is -0.371 e. The Hall–Kier alpha value is -2.36. The zero-order chi connectivity index (χ0) is 16.1. The van der Waals surface area contributed by atoms with E-state index >= 15 is 0 Å². The van der Waals surface area contributed by atoms with Crippen LogP contribution in [0.5, 0.6) is 0 Å². The summed E-state index contributed by atoms with van der Waals surface area (Å²) in [6.07, 6.45) is 8.28. The van der Waals surface area contributed by atoms with Gasteiger partial charge in [0.1, 0.15) is 0 Å². The molecule has 0 saturated carbocycles. The second-order valence-corrected chi connectivity index (χ2v) is 5.99. The summed E-state index contributed by atoms with van der Waals surface area (Å²) in [4.78, 5) is 2.20. The van der Waals surface area contributed by atoms with Crippen molar-refractivity contribution in [3.63, 3.8) is 0 Å². The van der Waals surface area contributed by atoms with E-state index in [0.717, 1.165) is 17.7 Å². The molecule has 23 heavy (non-hydrogen) atoms. The summed E-state index contributed by atoms with van der Waals surface area (Å²) in [5.74, 6) is 0. The van der Waals surface area contributed by atoms with E-state index in [0.29, 0.717) is 6.54 Å². The Bertz CT molecular complexity index is 679. The summed E-state index contributed by atoms with van der Waals surface area (Å²) < 4.78 is 0. The molecule has 0 unspecified atom stereocenters. The van der Waals surface area contributed by atoms with Gasteiger partial charge in [0, 0.05) is 13.1 Å². The molecule has 0 radical (unpaired) electrons. The number of rotatable bonds is 5. The van der Waals surface area contributed by atoms with E-state index in [9.17, 15) is 0 Å². The second kappa shape index (κ2) is 6.82. The molecule has 0 fully saturated rings. The quantitative estimate of drug-likeness (QED) is 0.893. The van der Waals surface area contributed by atoms with Crippen molar-refractivity contribution < 1.29 is 0 Å². The number of hydrogen-bond acceptors (Lipinski definition) is 3. The van der Waals surface area contributed by atoms with Crippen LogP contribution in [-0.2, 0) is 5.54 Å². The van der Waals surface area contributed by atoms with Crippen molar-refractivity contribution in [3.8, 4) is 0 Å². The van der Waals surface area contributed by atoms with Gasteiger partial charge < -0.3 is 16.4 Å². The minimum absolute atomic E-state index is 0.287. The molecule has 2 atom stereocenters. The Morgan fingerprint density at radius 1 is 0.957 bits per heavy atom. The maximum atomic E-state index is 6.90. The molecular formula is C20H23N3. The molecule has 3 heteroatoms. The van der Waals surface area contributed by atoms with Crippen LogP contribution in [0.25, 0.3) is 0 Å². The number of nitrogens with zero attached hydrogens (tertiary/aromatic N) is 1. The van der Waals surface area contributed by atoms with Crippen LogP contribution >= 0.6 is 0 Å². The summed E-state index contributed by atoms with van der Waals surface area (Å²) in [5, 5.41) is 0. The monoisotopic (exact) mass is 305 g/mol. The van der Waals surface area contributed by atoms with Crippen LogP contribution in [0, 0.1) is 0 Å². The van der Waals surface area contributed by atoms with Crippen molar-refractivity contribution in [1.82, 2.24) is 4.90 Å². The first kappa shape index (κ1) is 15.5. The van der Waals surface area contributed by atoms with Crippen LogP contribution in [0.15, 0.2) is 85.1 Å². The van der Waals surface area contributed by atoms with Crippen LogP contribution in [-0.4, -0.2) is 18.0 Å². The average molecular weight is 305 g/mol. The number of benzene rings is 2. The zero-order valence-corrected chi connectivity index (χ0v) is 13.2. The van der Waals surface area contributed by atoms with Crippen molar-refractivity contribution in [2.75, 3.05) is 13.1 Å². The van der Waals surface area contributed by atoms with Crippen molar-refractivity contribution >= 4 is 0 Å². The molecule has 2 aromatic rings. The fourth-order valence-corrected chi connectivity index (χ4v) is 3.04. The Morgan fingerprint density at radius 2 is 1.61 bits per heavy atom. The maximum Gasteiger partial charge on any atom is 0.0782 e. The highest BCUT2D eigenvalue weighted by Crippen LogP contribution is 2.32. The minimum atomic E-state index is -0.669. The normalized spacial score (nSPS) is 17.7. The average Bonchev–Trinajstić information content (AvgIpc) is 2.63. The third-order valence-corrected chi connectivity index (χ3v) is 4.37. The Balaban J connectivity index is 1.96. The second-order valence-electron chi connectivity index (χ2n) is 5.99. The van der Waals surface area contributed by atoms with Gasteiger partial charge in [0.2, 0.25) is 0 Å². The molecule has 4 N–H and O–H groups in total. The fraction of sp³-hybridized carbons (Fsp3) is 0.200. The van der Waals surface area contributed by atoms with E-state index in [1.165, 1.54) is 0 Å². The molecule has 1 aliphatic rings. The molecule has 0 amide bonds. The molecule has 0 aliphatic carbocycles. The van der Waals surface area contributed by atoms with Crippen molar-refractivity contribution in [2.24, 2.45) is 11.5 Å². The van der Waals surface area contributed by atoms with Gasteiger partial charge in [-0.05, 0) is 23.4 Å². The highest BCUT2D eigenvalue weighted by molar-refractivity contribution is 5.33. The Labute approximate surface area is 137 Å². The highest BCUT2D eigenvalue weighted by Gasteiger charge is 2.36. The van der Waals surface area contributed by atoms with Crippen LogP contribution < -0.4 is 11.5 Å². The molecule has 3 rings (SSSR count). The largest absolute Gasteiger partial charge is 0.371 e. The number of hydrogen-bond donors (Lipinski definition) is 2. The molecular weight excluding hydrogens is 282 g/mol. The third kappa shape index (κ3) is 3.36.